The van der Waals surface area contributed by atoms with Crippen LogP contribution >= 0.6 is 0 Å². The minimum Gasteiger partial charge on any atom is -0.381 e. The molecule has 0 radical (unpaired) electrons. The minimum atomic E-state index is 0.209. The van der Waals surface area contributed by atoms with Crippen molar-refractivity contribution in [2.45, 2.75) is 58.3 Å². The Kier molecular flexibility index (Phi) is 7.94. The minimum absolute atomic E-state index is 0.209. The van der Waals surface area contributed by atoms with Crippen molar-refractivity contribution in [2.75, 3.05) is 21.3 Å². The van der Waals surface area contributed by atoms with Crippen LogP contribution in [-0.4, -0.2) is 39.6 Å². The van der Waals surface area contributed by atoms with E-state index in [4.69, 9.17) is 14.2 Å². The van der Waals surface area contributed by atoms with Crippen LogP contribution in [0, 0.1) is 0 Å². The van der Waals surface area contributed by atoms with Gasteiger partial charge in [-0.2, -0.15) is 0 Å². The molecule has 0 aliphatic rings. The fourth-order valence-corrected chi connectivity index (χ4v) is 2.49. The van der Waals surface area contributed by atoms with Gasteiger partial charge in [-0.3, -0.25) is 0 Å². The fourth-order valence-electron chi connectivity index (χ4n) is 2.49. The van der Waals surface area contributed by atoms with E-state index < -0.39 is 0 Å². The molecule has 120 valence electrons. The summed E-state index contributed by atoms with van der Waals surface area (Å²) >= 11 is 0. The lowest BCUT2D eigenvalue weighted by Crippen LogP contribution is -2.18. The third kappa shape index (κ3) is 5.77. The largest absolute Gasteiger partial charge is 0.381 e. The maximum absolute atomic E-state index is 5.46. The second-order valence-corrected chi connectivity index (χ2v) is 5.81. The molecule has 0 amide bonds. The van der Waals surface area contributed by atoms with Gasteiger partial charge in [-0.05, 0) is 56.7 Å². The zero-order chi connectivity index (χ0) is 15.8. The number of methoxy groups -OCH3 is 3. The lowest BCUT2D eigenvalue weighted by Gasteiger charge is -2.21. The molecule has 1 rings (SSSR count). The topological polar surface area (TPSA) is 27.7 Å². The second-order valence-electron chi connectivity index (χ2n) is 5.81. The Morgan fingerprint density at radius 1 is 0.714 bits per heavy atom. The Labute approximate surface area is 129 Å². The molecule has 0 saturated heterocycles. The van der Waals surface area contributed by atoms with Gasteiger partial charge in [0.05, 0.1) is 18.3 Å². The molecule has 0 fully saturated rings. The number of hydrogen-bond acceptors (Lipinski definition) is 3. The van der Waals surface area contributed by atoms with Crippen LogP contribution in [-0.2, 0) is 33.5 Å². The Bertz CT molecular complexity index is 387. The quantitative estimate of drug-likeness (QED) is 0.698. The first-order valence-electron chi connectivity index (χ1n) is 7.69. The molecular weight excluding hydrogens is 264 g/mol. The van der Waals surface area contributed by atoms with Gasteiger partial charge in [0.2, 0.25) is 0 Å². The molecular formula is C18H30O3. The van der Waals surface area contributed by atoms with Crippen molar-refractivity contribution in [1.29, 1.82) is 0 Å². The SMILES string of the molecule is COC(C)Cc1cccc(CC(C)OC)c1CC(C)OC. The summed E-state index contributed by atoms with van der Waals surface area (Å²) in [7, 11) is 5.29. The second kappa shape index (κ2) is 9.19. The zero-order valence-electron chi connectivity index (χ0n) is 14.3. The van der Waals surface area contributed by atoms with Crippen LogP contribution in [0.15, 0.2) is 18.2 Å². The first-order valence-corrected chi connectivity index (χ1v) is 7.69. The van der Waals surface area contributed by atoms with E-state index in [2.05, 4.69) is 39.0 Å². The van der Waals surface area contributed by atoms with E-state index in [0.29, 0.717) is 0 Å². The Balaban J connectivity index is 3.07. The monoisotopic (exact) mass is 294 g/mol. The Morgan fingerprint density at radius 2 is 1.10 bits per heavy atom. The molecule has 0 N–H and O–H groups in total. The fraction of sp³-hybridized carbons (Fsp3) is 0.667. The van der Waals surface area contributed by atoms with Gasteiger partial charge < -0.3 is 14.2 Å². The summed E-state index contributed by atoms with van der Waals surface area (Å²) in [6.07, 6.45) is 3.43. The highest BCUT2D eigenvalue weighted by Gasteiger charge is 2.15. The molecule has 3 atom stereocenters. The first kappa shape index (κ1) is 18.1. The highest BCUT2D eigenvalue weighted by molar-refractivity contribution is 5.37. The smallest absolute Gasteiger partial charge is 0.0583 e. The molecule has 0 aliphatic carbocycles. The Hall–Kier alpha value is -0.900. The maximum Gasteiger partial charge on any atom is 0.0583 e. The average Bonchev–Trinajstić information content (AvgIpc) is 2.49. The Morgan fingerprint density at radius 3 is 1.48 bits per heavy atom. The molecule has 0 aromatic heterocycles. The van der Waals surface area contributed by atoms with E-state index in [0.717, 1.165) is 19.3 Å². The van der Waals surface area contributed by atoms with E-state index in [1.165, 1.54) is 16.7 Å². The van der Waals surface area contributed by atoms with Crippen LogP contribution in [0.5, 0.6) is 0 Å². The molecule has 3 nitrogen and oxygen atoms in total. The number of benzene rings is 1. The molecule has 0 spiro atoms. The van der Waals surface area contributed by atoms with Crippen molar-refractivity contribution in [2.24, 2.45) is 0 Å². The third-order valence-electron chi connectivity index (χ3n) is 4.08. The lowest BCUT2D eigenvalue weighted by molar-refractivity contribution is 0.111. The maximum atomic E-state index is 5.46. The van der Waals surface area contributed by atoms with Gasteiger partial charge in [0, 0.05) is 21.3 Å². The van der Waals surface area contributed by atoms with Crippen molar-refractivity contribution < 1.29 is 14.2 Å². The number of hydrogen-bond donors (Lipinski definition) is 0. The summed E-state index contributed by atoms with van der Waals surface area (Å²) in [5.41, 5.74) is 4.10. The van der Waals surface area contributed by atoms with Crippen LogP contribution < -0.4 is 0 Å². The van der Waals surface area contributed by atoms with Crippen LogP contribution in [0.4, 0.5) is 0 Å². The van der Waals surface area contributed by atoms with E-state index >= 15 is 0 Å². The van der Waals surface area contributed by atoms with Crippen LogP contribution in [0.1, 0.15) is 37.5 Å². The summed E-state index contributed by atoms with van der Waals surface area (Å²) in [5.74, 6) is 0. The molecule has 0 heterocycles. The summed E-state index contributed by atoms with van der Waals surface area (Å²) in [6.45, 7) is 6.32. The lowest BCUT2D eigenvalue weighted by atomic mass is 9.91. The van der Waals surface area contributed by atoms with Gasteiger partial charge in [0.25, 0.3) is 0 Å². The standard InChI is InChI=1S/C18H30O3/c1-13(19-4)10-16-8-7-9-17(11-14(2)20-5)18(16)12-15(3)21-6/h7-9,13-15H,10-12H2,1-6H3. The first-order chi connectivity index (χ1) is 10.0. The highest BCUT2D eigenvalue weighted by atomic mass is 16.5. The van der Waals surface area contributed by atoms with Crippen LogP contribution in [0.3, 0.4) is 0 Å². The van der Waals surface area contributed by atoms with Gasteiger partial charge in [-0.25, -0.2) is 0 Å². The van der Waals surface area contributed by atoms with Crippen molar-refractivity contribution >= 4 is 0 Å². The highest BCUT2D eigenvalue weighted by Crippen LogP contribution is 2.22. The molecule has 21 heavy (non-hydrogen) atoms. The van der Waals surface area contributed by atoms with E-state index in [-0.39, 0.29) is 18.3 Å². The number of rotatable bonds is 9. The van der Waals surface area contributed by atoms with Crippen molar-refractivity contribution in [1.82, 2.24) is 0 Å². The van der Waals surface area contributed by atoms with Crippen molar-refractivity contribution in [3.05, 3.63) is 34.9 Å². The van der Waals surface area contributed by atoms with Crippen LogP contribution in [0.2, 0.25) is 0 Å². The normalized spacial score (nSPS) is 15.7. The van der Waals surface area contributed by atoms with Crippen molar-refractivity contribution in [3.63, 3.8) is 0 Å². The van der Waals surface area contributed by atoms with Gasteiger partial charge in [0.1, 0.15) is 0 Å². The predicted molar refractivity (Wildman–Crippen MR) is 87.0 cm³/mol. The van der Waals surface area contributed by atoms with Gasteiger partial charge in [-0.15, -0.1) is 0 Å². The van der Waals surface area contributed by atoms with Gasteiger partial charge in [0.15, 0.2) is 0 Å². The third-order valence-corrected chi connectivity index (χ3v) is 4.08. The van der Waals surface area contributed by atoms with E-state index in [1.54, 1.807) is 21.3 Å². The molecule has 0 saturated carbocycles. The number of ether oxygens (including phenoxy) is 3. The molecule has 0 aliphatic heterocycles. The summed E-state index contributed by atoms with van der Waals surface area (Å²) in [6, 6.07) is 6.54. The van der Waals surface area contributed by atoms with Gasteiger partial charge >= 0.3 is 0 Å². The zero-order valence-corrected chi connectivity index (χ0v) is 14.3. The predicted octanol–water partition coefficient (Wildman–Crippen LogP) is 3.42. The van der Waals surface area contributed by atoms with E-state index in [9.17, 15) is 0 Å². The summed E-state index contributed by atoms with van der Waals surface area (Å²) in [4.78, 5) is 0. The molecule has 1 aromatic carbocycles. The summed E-state index contributed by atoms with van der Waals surface area (Å²) < 4.78 is 16.3. The molecule has 1 aromatic rings. The van der Waals surface area contributed by atoms with Crippen LogP contribution in [0.25, 0.3) is 0 Å². The van der Waals surface area contributed by atoms with Crippen molar-refractivity contribution in [3.8, 4) is 0 Å². The molecule has 3 unspecified atom stereocenters. The molecule has 3 heteroatoms. The summed E-state index contributed by atoms with van der Waals surface area (Å²) in [5, 5.41) is 0. The van der Waals surface area contributed by atoms with E-state index in [1.807, 2.05) is 0 Å². The average molecular weight is 294 g/mol. The van der Waals surface area contributed by atoms with Gasteiger partial charge in [-0.1, -0.05) is 18.2 Å². The molecule has 0 bridgehead atoms.